The first-order valence-electron chi connectivity index (χ1n) is 4.74. The minimum atomic E-state index is 0.0562. The van der Waals surface area contributed by atoms with Crippen LogP contribution in [0.1, 0.15) is 5.82 Å². The maximum atomic E-state index is 8.81. The summed E-state index contributed by atoms with van der Waals surface area (Å²) in [6.45, 7) is 0.0562. The van der Waals surface area contributed by atoms with Gasteiger partial charge in [-0.25, -0.2) is 9.97 Å². The number of benzene rings is 1. The molecule has 4 nitrogen and oxygen atoms in total. The third-order valence-corrected chi connectivity index (χ3v) is 2.18. The lowest BCUT2D eigenvalue weighted by Crippen LogP contribution is -1.99. The minimum Gasteiger partial charge on any atom is -0.494 e. The van der Waals surface area contributed by atoms with Gasteiger partial charge in [0.2, 0.25) is 0 Å². The molecule has 1 heterocycles. The summed E-state index contributed by atoms with van der Waals surface area (Å²) in [5, 5.41) is 9.75. The Morgan fingerprint density at radius 1 is 1.40 bits per heavy atom. The van der Waals surface area contributed by atoms with Crippen molar-refractivity contribution < 1.29 is 9.84 Å². The van der Waals surface area contributed by atoms with Gasteiger partial charge in [-0.2, -0.15) is 0 Å². The molecule has 2 rings (SSSR count). The predicted molar refractivity (Wildman–Crippen MR) is 56.9 cm³/mol. The summed E-state index contributed by atoms with van der Waals surface area (Å²) in [5.41, 5.74) is 0.790. The van der Waals surface area contributed by atoms with Gasteiger partial charge >= 0.3 is 0 Å². The van der Waals surface area contributed by atoms with Gasteiger partial charge in [-0.3, -0.25) is 0 Å². The van der Waals surface area contributed by atoms with Crippen molar-refractivity contribution in [1.82, 2.24) is 9.97 Å². The van der Waals surface area contributed by atoms with Gasteiger partial charge in [0.25, 0.3) is 0 Å². The molecular formula is C11H12N2O2. The molecule has 0 saturated heterocycles. The van der Waals surface area contributed by atoms with Crippen LogP contribution in [-0.4, -0.2) is 28.8 Å². The fourth-order valence-electron chi connectivity index (χ4n) is 1.45. The van der Waals surface area contributed by atoms with Crippen LogP contribution in [-0.2, 0) is 6.42 Å². The van der Waals surface area contributed by atoms with Crippen LogP contribution in [0.3, 0.4) is 0 Å². The zero-order valence-electron chi connectivity index (χ0n) is 8.47. The maximum Gasteiger partial charge on any atom is 0.145 e. The number of hydrogen-bond donors (Lipinski definition) is 1. The van der Waals surface area contributed by atoms with Crippen molar-refractivity contribution in [2.24, 2.45) is 0 Å². The molecule has 0 aliphatic heterocycles. The van der Waals surface area contributed by atoms with Crippen molar-refractivity contribution in [2.45, 2.75) is 6.42 Å². The van der Waals surface area contributed by atoms with Crippen LogP contribution in [0.15, 0.2) is 24.4 Å². The molecule has 0 spiro atoms. The highest BCUT2D eigenvalue weighted by Crippen LogP contribution is 2.22. The number of aromatic nitrogens is 2. The number of methoxy groups -OCH3 is 1. The summed E-state index contributed by atoms with van der Waals surface area (Å²) in [5.74, 6) is 1.36. The molecule has 4 heteroatoms. The monoisotopic (exact) mass is 204 g/mol. The number of aliphatic hydroxyl groups excluding tert-OH is 1. The smallest absolute Gasteiger partial charge is 0.145 e. The first kappa shape index (κ1) is 9.86. The van der Waals surface area contributed by atoms with Crippen molar-refractivity contribution in [1.29, 1.82) is 0 Å². The third kappa shape index (κ3) is 1.89. The SMILES string of the molecule is COc1cccc2cnc(CCO)nc12. The Labute approximate surface area is 87.6 Å². The lowest BCUT2D eigenvalue weighted by Gasteiger charge is -2.05. The molecule has 0 radical (unpaired) electrons. The molecule has 78 valence electrons. The molecule has 1 aromatic carbocycles. The fourth-order valence-corrected chi connectivity index (χ4v) is 1.45. The lowest BCUT2D eigenvalue weighted by atomic mass is 10.2. The Balaban J connectivity index is 2.57. The number of nitrogens with zero attached hydrogens (tertiary/aromatic N) is 2. The second-order valence-electron chi connectivity index (χ2n) is 3.16. The summed E-state index contributed by atoms with van der Waals surface area (Å²) >= 11 is 0. The topological polar surface area (TPSA) is 55.2 Å². The van der Waals surface area contributed by atoms with Gasteiger partial charge in [0.1, 0.15) is 17.1 Å². The Morgan fingerprint density at radius 2 is 2.27 bits per heavy atom. The Kier molecular flexibility index (Phi) is 2.78. The van der Waals surface area contributed by atoms with E-state index in [1.807, 2.05) is 18.2 Å². The molecule has 15 heavy (non-hydrogen) atoms. The molecule has 0 amide bonds. The summed E-state index contributed by atoms with van der Waals surface area (Å²) in [6.07, 6.45) is 2.21. The van der Waals surface area contributed by atoms with E-state index in [2.05, 4.69) is 9.97 Å². The van der Waals surface area contributed by atoms with Gasteiger partial charge in [-0.1, -0.05) is 12.1 Å². The van der Waals surface area contributed by atoms with E-state index in [9.17, 15) is 0 Å². The van der Waals surface area contributed by atoms with E-state index in [1.54, 1.807) is 13.3 Å². The molecule has 1 N–H and O–H groups in total. The third-order valence-electron chi connectivity index (χ3n) is 2.18. The molecule has 0 saturated carbocycles. The van der Waals surface area contributed by atoms with Crippen molar-refractivity contribution in [3.8, 4) is 5.75 Å². The van der Waals surface area contributed by atoms with Crippen LogP contribution in [0.25, 0.3) is 10.9 Å². The van der Waals surface area contributed by atoms with Gasteiger partial charge in [0, 0.05) is 18.0 Å². The second kappa shape index (κ2) is 4.23. The standard InChI is InChI=1S/C11H12N2O2/c1-15-9-4-2-3-8-7-12-10(5-6-14)13-11(8)9/h2-4,7,14H,5-6H2,1H3. The number of para-hydroxylation sites is 1. The van der Waals surface area contributed by atoms with Crippen molar-refractivity contribution >= 4 is 10.9 Å². The van der Waals surface area contributed by atoms with Gasteiger partial charge in [0.15, 0.2) is 0 Å². The quantitative estimate of drug-likeness (QED) is 0.815. The van der Waals surface area contributed by atoms with Crippen LogP contribution in [0.4, 0.5) is 0 Å². The molecular weight excluding hydrogens is 192 g/mol. The largest absolute Gasteiger partial charge is 0.494 e. The van der Waals surface area contributed by atoms with Crippen molar-refractivity contribution in [3.05, 3.63) is 30.2 Å². The van der Waals surface area contributed by atoms with Crippen LogP contribution in [0, 0.1) is 0 Å². The fraction of sp³-hybridized carbons (Fsp3) is 0.273. The highest BCUT2D eigenvalue weighted by molar-refractivity contribution is 5.83. The van der Waals surface area contributed by atoms with E-state index in [1.165, 1.54) is 0 Å². The van der Waals surface area contributed by atoms with E-state index in [0.717, 1.165) is 16.7 Å². The van der Waals surface area contributed by atoms with Crippen molar-refractivity contribution in [2.75, 3.05) is 13.7 Å². The van der Waals surface area contributed by atoms with Crippen molar-refractivity contribution in [3.63, 3.8) is 0 Å². The van der Waals surface area contributed by atoms with Crippen LogP contribution in [0.5, 0.6) is 5.75 Å². The highest BCUT2D eigenvalue weighted by atomic mass is 16.5. The van der Waals surface area contributed by atoms with Crippen LogP contribution >= 0.6 is 0 Å². The van der Waals surface area contributed by atoms with Crippen LogP contribution in [0.2, 0.25) is 0 Å². The lowest BCUT2D eigenvalue weighted by molar-refractivity contribution is 0.296. The van der Waals surface area contributed by atoms with Crippen LogP contribution < -0.4 is 4.74 Å². The number of ether oxygens (including phenoxy) is 1. The Morgan fingerprint density at radius 3 is 3.00 bits per heavy atom. The summed E-state index contributed by atoms with van der Waals surface area (Å²) in [7, 11) is 1.61. The average molecular weight is 204 g/mol. The molecule has 0 bridgehead atoms. The van der Waals surface area contributed by atoms with E-state index < -0.39 is 0 Å². The summed E-state index contributed by atoms with van der Waals surface area (Å²) in [4.78, 5) is 8.48. The van der Waals surface area contributed by atoms with E-state index in [0.29, 0.717) is 12.2 Å². The minimum absolute atomic E-state index is 0.0562. The van der Waals surface area contributed by atoms with E-state index >= 15 is 0 Å². The average Bonchev–Trinajstić information content (AvgIpc) is 2.28. The van der Waals surface area contributed by atoms with Gasteiger partial charge in [-0.15, -0.1) is 0 Å². The zero-order valence-corrected chi connectivity index (χ0v) is 8.47. The van der Waals surface area contributed by atoms with Gasteiger partial charge in [0.05, 0.1) is 13.7 Å². The molecule has 1 aromatic heterocycles. The zero-order chi connectivity index (χ0) is 10.7. The molecule has 0 unspecified atom stereocenters. The van der Waals surface area contributed by atoms with E-state index in [-0.39, 0.29) is 6.61 Å². The number of rotatable bonds is 3. The Bertz CT molecular complexity index is 471. The molecule has 0 aliphatic carbocycles. The molecule has 0 atom stereocenters. The molecule has 0 aliphatic rings. The number of aliphatic hydroxyl groups is 1. The first-order chi connectivity index (χ1) is 7.35. The maximum absolute atomic E-state index is 8.81. The normalized spacial score (nSPS) is 10.5. The predicted octanol–water partition coefficient (Wildman–Crippen LogP) is 1.17. The van der Waals surface area contributed by atoms with Gasteiger partial charge in [-0.05, 0) is 6.07 Å². The number of fused-ring (bicyclic) bond motifs is 1. The van der Waals surface area contributed by atoms with E-state index in [4.69, 9.17) is 9.84 Å². The Hall–Kier alpha value is -1.68. The molecule has 2 aromatic rings. The second-order valence-corrected chi connectivity index (χ2v) is 3.16. The number of hydrogen-bond acceptors (Lipinski definition) is 4. The highest BCUT2D eigenvalue weighted by Gasteiger charge is 2.04. The first-order valence-corrected chi connectivity index (χ1v) is 4.74. The summed E-state index contributed by atoms with van der Waals surface area (Å²) < 4.78 is 5.21. The summed E-state index contributed by atoms with van der Waals surface area (Å²) in [6, 6.07) is 5.69. The van der Waals surface area contributed by atoms with Gasteiger partial charge < -0.3 is 9.84 Å². The molecule has 0 fully saturated rings.